The maximum atomic E-state index is 13.0. The lowest BCUT2D eigenvalue weighted by atomic mass is 9.98. The number of nitrogens with one attached hydrogen (secondary N) is 1. The van der Waals surface area contributed by atoms with Crippen LogP contribution in [0.2, 0.25) is 0 Å². The predicted octanol–water partition coefficient (Wildman–Crippen LogP) is 3.34. The van der Waals surface area contributed by atoms with Gasteiger partial charge in [-0.25, -0.2) is 4.39 Å². The van der Waals surface area contributed by atoms with Crippen molar-refractivity contribution < 1.29 is 9.13 Å². The van der Waals surface area contributed by atoms with Gasteiger partial charge in [0.25, 0.3) is 0 Å². The molecule has 3 atom stereocenters. The van der Waals surface area contributed by atoms with Crippen LogP contribution in [0.15, 0.2) is 36.5 Å². The minimum atomic E-state index is -0.183. The Morgan fingerprint density at radius 2 is 2.12 bits per heavy atom. The highest BCUT2D eigenvalue weighted by atomic mass is 19.1. The van der Waals surface area contributed by atoms with E-state index in [0.29, 0.717) is 12.0 Å². The lowest BCUT2D eigenvalue weighted by molar-refractivity contribution is 0.0825. The fourth-order valence-electron chi connectivity index (χ4n) is 3.42. The lowest BCUT2D eigenvalue weighted by Gasteiger charge is -2.22. The fourth-order valence-corrected chi connectivity index (χ4v) is 3.42. The summed E-state index contributed by atoms with van der Waals surface area (Å²) in [7, 11) is 0. The molecule has 4 nitrogen and oxygen atoms in total. The van der Waals surface area contributed by atoms with Crippen LogP contribution in [0.25, 0.3) is 0 Å². The van der Waals surface area contributed by atoms with Crippen molar-refractivity contribution in [1.82, 2.24) is 15.1 Å². The van der Waals surface area contributed by atoms with Gasteiger partial charge >= 0.3 is 0 Å². The number of hydrogen-bond donors (Lipinski definition) is 1. The van der Waals surface area contributed by atoms with Gasteiger partial charge in [-0.15, -0.1) is 0 Å². The maximum absolute atomic E-state index is 13.0. The zero-order chi connectivity index (χ0) is 16.9. The van der Waals surface area contributed by atoms with Crippen LogP contribution < -0.4 is 5.32 Å². The largest absolute Gasteiger partial charge is 0.372 e. The van der Waals surface area contributed by atoms with Gasteiger partial charge < -0.3 is 10.1 Å². The van der Waals surface area contributed by atoms with Crippen LogP contribution in [-0.2, 0) is 17.7 Å². The Kier molecular flexibility index (Phi) is 5.63. The highest BCUT2D eigenvalue weighted by Gasteiger charge is 2.31. The monoisotopic (exact) mass is 331 g/mol. The molecule has 0 saturated carbocycles. The third-order valence-electron chi connectivity index (χ3n) is 4.74. The zero-order valence-electron chi connectivity index (χ0n) is 14.4. The highest BCUT2D eigenvalue weighted by Crippen LogP contribution is 2.34. The second-order valence-electron chi connectivity index (χ2n) is 6.55. The van der Waals surface area contributed by atoms with Gasteiger partial charge in [-0.1, -0.05) is 12.1 Å². The van der Waals surface area contributed by atoms with Gasteiger partial charge in [-0.2, -0.15) is 5.10 Å². The minimum Gasteiger partial charge on any atom is -0.372 e. The Morgan fingerprint density at radius 1 is 1.33 bits per heavy atom. The van der Waals surface area contributed by atoms with Crippen LogP contribution in [0.4, 0.5) is 4.39 Å². The third-order valence-corrected chi connectivity index (χ3v) is 4.74. The maximum Gasteiger partial charge on any atom is 0.123 e. The van der Waals surface area contributed by atoms with E-state index in [1.54, 1.807) is 0 Å². The smallest absolute Gasteiger partial charge is 0.123 e. The zero-order valence-corrected chi connectivity index (χ0v) is 14.4. The van der Waals surface area contributed by atoms with Crippen molar-refractivity contribution in [2.24, 2.45) is 5.92 Å². The SMILES string of the molecule is CCn1nccc1[C@@H]1OCC[C@H]1CN[C@H](C)Cc1ccc(F)cc1. The standard InChI is InChI=1S/C19H26FN3O/c1-3-23-18(8-10-22-23)19-16(9-11-24-19)13-21-14(2)12-15-4-6-17(20)7-5-15/h4-8,10,14,16,19,21H,3,9,11-13H2,1-2H3/t14-,16+,19-/m1/s1. The van der Waals surface area contributed by atoms with Crippen LogP contribution in [0.5, 0.6) is 0 Å². The van der Waals surface area contributed by atoms with Crippen molar-refractivity contribution in [3.63, 3.8) is 0 Å². The molecule has 1 fully saturated rings. The van der Waals surface area contributed by atoms with Gasteiger partial charge in [0.2, 0.25) is 0 Å². The first-order valence-electron chi connectivity index (χ1n) is 8.78. The molecule has 0 spiro atoms. The Morgan fingerprint density at radius 3 is 2.88 bits per heavy atom. The Labute approximate surface area is 143 Å². The molecule has 2 heterocycles. The van der Waals surface area contributed by atoms with Crippen LogP contribution in [0.1, 0.15) is 37.6 Å². The molecule has 24 heavy (non-hydrogen) atoms. The van der Waals surface area contributed by atoms with Crippen LogP contribution in [-0.4, -0.2) is 29.0 Å². The number of hydrogen-bond acceptors (Lipinski definition) is 3. The average Bonchev–Trinajstić information content (AvgIpc) is 3.23. The summed E-state index contributed by atoms with van der Waals surface area (Å²) in [6, 6.07) is 9.16. The molecule has 5 heteroatoms. The van der Waals surface area contributed by atoms with E-state index in [1.807, 2.05) is 23.0 Å². The summed E-state index contributed by atoms with van der Waals surface area (Å²) in [5.74, 6) is 0.278. The van der Waals surface area contributed by atoms with E-state index >= 15 is 0 Å². The number of halogens is 1. The third kappa shape index (κ3) is 4.02. The molecule has 3 rings (SSSR count). The van der Waals surface area contributed by atoms with Crippen molar-refractivity contribution in [2.45, 2.75) is 45.4 Å². The molecule has 1 N–H and O–H groups in total. The van der Waals surface area contributed by atoms with E-state index in [0.717, 1.165) is 38.1 Å². The first-order chi connectivity index (χ1) is 11.7. The molecule has 1 aromatic carbocycles. The first kappa shape index (κ1) is 17.1. The van der Waals surface area contributed by atoms with E-state index in [9.17, 15) is 4.39 Å². The molecule has 130 valence electrons. The summed E-state index contributed by atoms with van der Waals surface area (Å²) in [5.41, 5.74) is 2.33. The number of nitrogens with zero attached hydrogens (tertiary/aromatic N) is 2. The normalized spacial score (nSPS) is 22.0. The van der Waals surface area contributed by atoms with Gasteiger partial charge in [-0.3, -0.25) is 4.68 Å². The summed E-state index contributed by atoms with van der Waals surface area (Å²) < 4.78 is 21.0. The molecular formula is C19H26FN3O. The van der Waals surface area contributed by atoms with Crippen molar-refractivity contribution in [1.29, 1.82) is 0 Å². The fraction of sp³-hybridized carbons (Fsp3) is 0.526. The van der Waals surface area contributed by atoms with E-state index < -0.39 is 0 Å². The summed E-state index contributed by atoms with van der Waals surface area (Å²) in [4.78, 5) is 0. The van der Waals surface area contributed by atoms with Gasteiger partial charge in [0.15, 0.2) is 0 Å². The Bertz CT molecular complexity index is 640. The van der Waals surface area contributed by atoms with Gasteiger partial charge in [0.05, 0.1) is 5.69 Å². The molecule has 1 aromatic heterocycles. The number of aryl methyl sites for hydroxylation is 1. The number of ether oxygens (including phenoxy) is 1. The molecule has 0 aliphatic carbocycles. The summed E-state index contributed by atoms with van der Waals surface area (Å²) in [6.45, 7) is 6.86. The van der Waals surface area contributed by atoms with Crippen LogP contribution in [0, 0.1) is 11.7 Å². The number of aromatic nitrogens is 2. The molecule has 0 amide bonds. The van der Waals surface area contributed by atoms with Crippen molar-refractivity contribution in [3.8, 4) is 0 Å². The van der Waals surface area contributed by atoms with Crippen molar-refractivity contribution >= 4 is 0 Å². The molecule has 0 unspecified atom stereocenters. The van der Waals surface area contributed by atoms with E-state index in [4.69, 9.17) is 4.74 Å². The average molecular weight is 331 g/mol. The molecule has 0 radical (unpaired) electrons. The predicted molar refractivity (Wildman–Crippen MR) is 92.3 cm³/mol. The van der Waals surface area contributed by atoms with Gasteiger partial charge in [-0.05, 0) is 50.5 Å². The molecule has 2 aromatic rings. The summed E-state index contributed by atoms with van der Waals surface area (Å²) in [6.07, 6.45) is 3.93. The molecule has 1 aliphatic rings. The first-order valence-corrected chi connectivity index (χ1v) is 8.78. The Balaban J connectivity index is 1.54. The molecule has 1 saturated heterocycles. The topological polar surface area (TPSA) is 39.1 Å². The lowest BCUT2D eigenvalue weighted by Crippen LogP contribution is -2.34. The molecular weight excluding hydrogens is 305 g/mol. The van der Waals surface area contributed by atoms with E-state index in [-0.39, 0.29) is 11.9 Å². The Hall–Kier alpha value is -1.72. The quantitative estimate of drug-likeness (QED) is 0.846. The second-order valence-corrected chi connectivity index (χ2v) is 6.55. The highest BCUT2D eigenvalue weighted by molar-refractivity contribution is 5.17. The van der Waals surface area contributed by atoms with E-state index in [1.165, 1.54) is 17.8 Å². The van der Waals surface area contributed by atoms with Gasteiger partial charge in [0.1, 0.15) is 11.9 Å². The summed E-state index contributed by atoms with van der Waals surface area (Å²) in [5, 5.41) is 7.97. The number of benzene rings is 1. The second kappa shape index (κ2) is 7.90. The van der Waals surface area contributed by atoms with Crippen LogP contribution >= 0.6 is 0 Å². The summed E-state index contributed by atoms with van der Waals surface area (Å²) >= 11 is 0. The molecule has 0 bridgehead atoms. The minimum absolute atomic E-state index is 0.123. The van der Waals surface area contributed by atoms with Crippen molar-refractivity contribution in [3.05, 3.63) is 53.6 Å². The van der Waals surface area contributed by atoms with Crippen LogP contribution in [0.3, 0.4) is 0 Å². The van der Waals surface area contributed by atoms with E-state index in [2.05, 4.69) is 30.3 Å². The number of rotatable bonds is 7. The van der Waals surface area contributed by atoms with Crippen molar-refractivity contribution in [2.75, 3.05) is 13.2 Å². The van der Waals surface area contributed by atoms with Gasteiger partial charge in [0, 0.05) is 37.9 Å². The molecule has 1 aliphatic heterocycles.